The van der Waals surface area contributed by atoms with Crippen molar-refractivity contribution in [1.29, 1.82) is 10.5 Å². The molecule has 0 spiro atoms. The van der Waals surface area contributed by atoms with E-state index in [0.717, 1.165) is 93.6 Å². The van der Waals surface area contributed by atoms with E-state index in [1.165, 1.54) is 12.1 Å². The van der Waals surface area contributed by atoms with Crippen LogP contribution in [-0.4, -0.2) is 9.13 Å². The predicted octanol–water partition coefficient (Wildman–Crippen LogP) is 15.8. The van der Waals surface area contributed by atoms with Gasteiger partial charge in [0.05, 0.1) is 67.4 Å². The highest BCUT2D eigenvalue weighted by molar-refractivity contribution is 6.25. The lowest BCUT2D eigenvalue weighted by molar-refractivity contribution is -0.137. The van der Waals surface area contributed by atoms with Crippen LogP contribution < -0.4 is 0 Å². The van der Waals surface area contributed by atoms with Crippen LogP contribution in [0, 0.1) is 22.7 Å². The molecule has 0 aliphatic rings. The van der Waals surface area contributed by atoms with Gasteiger partial charge in [0.15, 0.2) is 0 Å². The van der Waals surface area contributed by atoms with E-state index in [1.54, 1.807) is 18.2 Å². The summed E-state index contributed by atoms with van der Waals surface area (Å²) in [6.45, 7) is 0. The van der Waals surface area contributed by atoms with Gasteiger partial charge in [-0.1, -0.05) is 84.9 Å². The lowest BCUT2D eigenvalue weighted by atomic mass is 9.89. The lowest BCUT2D eigenvalue weighted by Gasteiger charge is -2.21. The van der Waals surface area contributed by atoms with E-state index in [9.17, 15) is 10.5 Å². The van der Waals surface area contributed by atoms with Gasteiger partial charge in [-0.3, -0.25) is 0 Å². The normalized spacial score (nSPS) is 12.1. The fourth-order valence-electron chi connectivity index (χ4n) is 10.2. The van der Waals surface area contributed by atoms with E-state index in [2.05, 4.69) is 39.5 Å². The number of fused-ring (bicyclic) bond motifs is 14. The Morgan fingerprint density at radius 3 is 1.53 bits per heavy atom. The van der Waals surface area contributed by atoms with Gasteiger partial charge in [0.1, 0.15) is 22.3 Å². The topological polar surface area (TPSA) is 83.7 Å². The molecule has 4 heterocycles. The predicted molar refractivity (Wildman–Crippen MR) is 255 cm³/mol. The number of alkyl halides is 3. The van der Waals surface area contributed by atoms with Crippen molar-refractivity contribution in [2.45, 2.75) is 6.18 Å². The zero-order chi connectivity index (χ0) is 44.4. The summed E-state index contributed by atoms with van der Waals surface area (Å²) in [5.74, 6) is 0. The van der Waals surface area contributed by atoms with Gasteiger partial charge in [-0.25, -0.2) is 0 Å². The average molecular weight is 859 g/mol. The van der Waals surface area contributed by atoms with Crippen molar-refractivity contribution in [2.24, 2.45) is 0 Å². The third-order valence-electron chi connectivity index (χ3n) is 13.0. The third kappa shape index (κ3) is 5.29. The van der Waals surface area contributed by atoms with Gasteiger partial charge in [-0.2, -0.15) is 23.7 Å². The lowest BCUT2D eigenvalue weighted by Crippen LogP contribution is -2.08. The number of nitrogens with zero attached hydrogens (tertiary/aromatic N) is 4. The Hall–Kier alpha value is -9.05. The summed E-state index contributed by atoms with van der Waals surface area (Å²) in [5, 5.41) is 27.8. The van der Waals surface area contributed by atoms with Gasteiger partial charge >= 0.3 is 6.18 Å². The number of furan rings is 2. The van der Waals surface area contributed by atoms with Crippen LogP contribution in [-0.2, 0) is 6.18 Å². The van der Waals surface area contributed by atoms with Crippen LogP contribution in [0.3, 0.4) is 0 Å². The largest absolute Gasteiger partial charge is 0.455 e. The van der Waals surface area contributed by atoms with Crippen molar-refractivity contribution in [3.63, 3.8) is 0 Å². The summed E-state index contributed by atoms with van der Waals surface area (Å²) in [4.78, 5) is 0. The molecule has 0 N–H and O–H groups in total. The van der Waals surface area contributed by atoms with Crippen molar-refractivity contribution in [2.75, 3.05) is 0 Å². The number of rotatable bonds is 4. The van der Waals surface area contributed by atoms with Gasteiger partial charge in [0.2, 0.25) is 0 Å². The smallest absolute Gasteiger partial charge is 0.417 e. The Bertz CT molecular complexity index is 4320. The summed E-state index contributed by atoms with van der Waals surface area (Å²) in [6, 6.07) is 58.7. The minimum Gasteiger partial charge on any atom is -0.455 e. The molecule has 0 aliphatic heterocycles. The highest BCUT2D eigenvalue weighted by Crippen LogP contribution is 2.48. The maximum absolute atomic E-state index is 15.2. The second-order valence-electron chi connectivity index (χ2n) is 16.5. The number of hydrogen-bond donors (Lipinski definition) is 0. The second-order valence-corrected chi connectivity index (χ2v) is 16.5. The SMILES string of the molecule is N#Cc1ccc(-n2c3ccccc3c3c4oc5ccccc5c4ccc32)c(-c2cc(-n3c4ccccc4c4c5oc6ccccc6c5ccc43)ccc2-c2ccc(C#N)cc2C(F)(F)F)c1. The first-order valence-electron chi connectivity index (χ1n) is 21.3. The van der Waals surface area contributed by atoms with Crippen LogP contribution in [0.1, 0.15) is 16.7 Å². The monoisotopic (exact) mass is 858 g/mol. The number of hydrogen-bond acceptors (Lipinski definition) is 4. The van der Waals surface area contributed by atoms with Crippen molar-refractivity contribution < 1.29 is 22.0 Å². The molecule has 0 saturated heterocycles. The molecule has 66 heavy (non-hydrogen) atoms. The summed E-state index contributed by atoms with van der Waals surface area (Å²) in [5.41, 5.74) is 8.09. The molecule has 13 aromatic rings. The first kappa shape index (κ1) is 37.5. The molecule has 6 nitrogen and oxygen atoms in total. The number of nitriles is 2. The maximum Gasteiger partial charge on any atom is 0.417 e. The fourth-order valence-corrected chi connectivity index (χ4v) is 10.2. The molecule has 0 amide bonds. The van der Waals surface area contributed by atoms with Crippen LogP contribution in [0.25, 0.3) is 121 Å². The van der Waals surface area contributed by atoms with E-state index in [1.807, 2.05) is 121 Å². The van der Waals surface area contributed by atoms with Crippen LogP contribution in [0.15, 0.2) is 185 Å². The van der Waals surface area contributed by atoms with Crippen molar-refractivity contribution >= 4 is 87.5 Å². The quantitative estimate of drug-likeness (QED) is 0.176. The fraction of sp³-hybridized carbons (Fsp3) is 0.0175. The van der Waals surface area contributed by atoms with Crippen LogP contribution >= 0.6 is 0 Å². The molecule has 0 fully saturated rings. The molecule has 0 aliphatic carbocycles. The molecule has 0 atom stereocenters. The minimum absolute atomic E-state index is 0.103. The minimum atomic E-state index is -4.80. The highest BCUT2D eigenvalue weighted by Gasteiger charge is 2.35. The molecule has 0 saturated carbocycles. The van der Waals surface area contributed by atoms with Gasteiger partial charge in [-0.05, 0) is 108 Å². The summed E-state index contributed by atoms with van der Waals surface area (Å²) in [6.07, 6.45) is -4.80. The zero-order valence-electron chi connectivity index (χ0n) is 34.5. The Morgan fingerprint density at radius 1 is 0.409 bits per heavy atom. The molecular formula is C57H29F3N4O2. The number of aromatic nitrogens is 2. The van der Waals surface area contributed by atoms with E-state index in [-0.39, 0.29) is 16.7 Å². The summed E-state index contributed by atoms with van der Waals surface area (Å²) in [7, 11) is 0. The molecule has 13 rings (SSSR count). The third-order valence-corrected chi connectivity index (χ3v) is 13.0. The number of para-hydroxylation sites is 4. The molecular weight excluding hydrogens is 830 g/mol. The van der Waals surface area contributed by atoms with Gasteiger partial charge in [-0.15, -0.1) is 0 Å². The Kier molecular flexibility index (Phi) is 7.80. The van der Waals surface area contributed by atoms with Gasteiger partial charge in [0, 0.05) is 43.6 Å². The molecule has 4 aromatic heterocycles. The van der Waals surface area contributed by atoms with Gasteiger partial charge < -0.3 is 18.0 Å². The second kappa shape index (κ2) is 13.7. The standard InChI is InChI=1S/C57H29F3N4O2/c58-57(59,60)45-28-33(31-62)17-20-36(45)35-21-19-34(63-46-13-5-1-11-41(46)53-49(63)25-22-39-37-9-3-7-15-51(37)65-55(39)53)29-43(35)44-27-32(30-61)18-24-48(44)64-47-14-6-2-12-42(47)54-50(64)26-23-40-38-10-4-8-16-52(38)66-56(40)54/h1-29H. The number of benzene rings is 9. The van der Waals surface area contributed by atoms with E-state index < -0.39 is 11.7 Å². The van der Waals surface area contributed by atoms with Crippen LogP contribution in [0.2, 0.25) is 0 Å². The molecule has 0 bridgehead atoms. The van der Waals surface area contributed by atoms with Crippen molar-refractivity contribution in [1.82, 2.24) is 9.13 Å². The molecule has 9 heteroatoms. The van der Waals surface area contributed by atoms with Crippen molar-refractivity contribution in [3.8, 4) is 45.8 Å². The zero-order valence-corrected chi connectivity index (χ0v) is 34.5. The van der Waals surface area contributed by atoms with E-state index in [0.29, 0.717) is 28.1 Å². The first-order valence-corrected chi connectivity index (χ1v) is 21.3. The first-order chi connectivity index (χ1) is 32.3. The Labute approximate surface area is 372 Å². The van der Waals surface area contributed by atoms with Crippen LogP contribution in [0.5, 0.6) is 0 Å². The highest BCUT2D eigenvalue weighted by atomic mass is 19.4. The average Bonchev–Trinajstić information content (AvgIpc) is 4.11. The summed E-state index contributed by atoms with van der Waals surface area (Å²) < 4.78 is 63.1. The number of halogens is 3. The Morgan fingerprint density at radius 2 is 0.924 bits per heavy atom. The van der Waals surface area contributed by atoms with Crippen molar-refractivity contribution in [3.05, 3.63) is 193 Å². The van der Waals surface area contributed by atoms with E-state index in [4.69, 9.17) is 8.83 Å². The summed E-state index contributed by atoms with van der Waals surface area (Å²) >= 11 is 0. The van der Waals surface area contributed by atoms with Crippen LogP contribution in [0.4, 0.5) is 13.2 Å². The molecule has 310 valence electrons. The van der Waals surface area contributed by atoms with Gasteiger partial charge in [0.25, 0.3) is 0 Å². The molecule has 0 unspecified atom stereocenters. The maximum atomic E-state index is 15.2. The Balaban J connectivity index is 1.15. The molecule has 9 aromatic carbocycles. The molecule has 0 radical (unpaired) electrons. The van der Waals surface area contributed by atoms with E-state index >= 15 is 13.2 Å².